The largest absolute Gasteiger partial charge is 0.296 e. The normalized spacial score (nSPS) is 13.1. The van der Waals surface area contributed by atoms with E-state index in [2.05, 4.69) is 25.7 Å². The maximum absolute atomic E-state index is 12.2. The number of halogens is 2. The van der Waals surface area contributed by atoms with Crippen molar-refractivity contribution in [2.75, 3.05) is 13.6 Å². The summed E-state index contributed by atoms with van der Waals surface area (Å²) in [5.74, 6) is 0.645. The van der Waals surface area contributed by atoms with Crippen LogP contribution in [-0.2, 0) is 0 Å². The average Bonchev–Trinajstić information content (AvgIpc) is 2.27. The lowest BCUT2D eigenvalue weighted by atomic mass is 10.0. The molecule has 0 bridgehead atoms. The van der Waals surface area contributed by atoms with Crippen LogP contribution in [0.15, 0.2) is 18.2 Å². The molecule has 1 atom stereocenters. The molecule has 0 amide bonds. The molecule has 0 heterocycles. The highest BCUT2D eigenvalue weighted by molar-refractivity contribution is 6.36. The second kappa shape index (κ2) is 7.28. The number of likely N-dealkylation sites (N-methyl/N-ethyl adjacent to an activating group) is 1. The average molecular weight is 302 g/mol. The smallest absolute Gasteiger partial charge is 0.178 e. The van der Waals surface area contributed by atoms with Crippen molar-refractivity contribution in [3.05, 3.63) is 33.8 Å². The maximum atomic E-state index is 12.2. The van der Waals surface area contributed by atoms with Gasteiger partial charge in [0.1, 0.15) is 0 Å². The zero-order chi connectivity index (χ0) is 14.6. The Morgan fingerprint density at radius 2 is 1.89 bits per heavy atom. The summed E-state index contributed by atoms with van der Waals surface area (Å²) in [6.07, 6.45) is 1.07. The number of ketones is 1. The lowest BCUT2D eigenvalue weighted by Gasteiger charge is -2.25. The van der Waals surface area contributed by atoms with Crippen LogP contribution in [0.4, 0.5) is 0 Å². The van der Waals surface area contributed by atoms with Crippen LogP contribution in [0, 0.1) is 5.92 Å². The summed E-state index contributed by atoms with van der Waals surface area (Å²) in [6.45, 7) is 6.87. The molecule has 0 aromatic heterocycles. The fourth-order valence-electron chi connectivity index (χ4n) is 2.05. The van der Waals surface area contributed by atoms with Crippen LogP contribution in [-0.4, -0.2) is 30.3 Å². The van der Waals surface area contributed by atoms with Crippen molar-refractivity contribution in [1.29, 1.82) is 0 Å². The number of rotatable bonds is 6. The van der Waals surface area contributed by atoms with Crippen LogP contribution in [0.2, 0.25) is 10.0 Å². The van der Waals surface area contributed by atoms with Crippen molar-refractivity contribution in [3.63, 3.8) is 0 Å². The molecule has 19 heavy (non-hydrogen) atoms. The molecule has 2 nitrogen and oxygen atoms in total. The van der Waals surface area contributed by atoms with E-state index in [9.17, 15) is 4.79 Å². The van der Waals surface area contributed by atoms with Gasteiger partial charge in [0.2, 0.25) is 0 Å². The molecule has 106 valence electrons. The van der Waals surface area contributed by atoms with E-state index in [0.717, 1.165) is 6.42 Å². The Balaban J connectivity index is 2.68. The monoisotopic (exact) mass is 301 g/mol. The summed E-state index contributed by atoms with van der Waals surface area (Å²) in [4.78, 5) is 14.3. The van der Waals surface area contributed by atoms with Crippen LogP contribution < -0.4 is 0 Å². The number of nitrogens with zero attached hydrogens (tertiary/aromatic N) is 1. The Labute approximate surface area is 125 Å². The number of Topliss-reactive ketones (excluding diaryl/α,β-unsaturated/α-hetero) is 1. The lowest BCUT2D eigenvalue weighted by Crippen LogP contribution is -2.34. The summed E-state index contributed by atoms with van der Waals surface area (Å²) >= 11 is 11.9. The van der Waals surface area contributed by atoms with Crippen molar-refractivity contribution in [2.24, 2.45) is 5.92 Å². The molecule has 4 heteroatoms. The van der Waals surface area contributed by atoms with Gasteiger partial charge in [-0.05, 0) is 44.5 Å². The minimum atomic E-state index is 0.0276. The molecule has 1 rings (SSSR count). The van der Waals surface area contributed by atoms with Gasteiger partial charge in [0.05, 0.1) is 11.6 Å². The maximum Gasteiger partial charge on any atom is 0.178 e. The third kappa shape index (κ3) is 5.13. The van der Waals surface area contributed by atoms with Crippen molar-refractivity contribution in [3.8, 4) is 0 Å². The SMILES string of the molecule is CC(C)CC(C)N(C)CC(=O)c1ccc(Cl)cc1Cl. The van der Waals surface area contributed by atoms with Gasteiger partial charge in [-0.1, -0.05) is 37.0 Å². The van der Waals surface area contributed by atoms with Crippen LogP contribution in [0.5, 0.6) is 0 Å². The highest BCUT2D eigenvalue weighted by Gasteiger charge is 2.17. The molecular weight excluding hydrogens is 281 g/mol. The zero-order valence-electron chi connectivity index (χ0n) is 11.9. The Bertz CT molecular complexity index is 446. The third-order valence-corrected chi connectivity index (χ3v) is 3.74. The quantitative estimate of drug-likeness (QED) is 0.719. The summed E-state index contributed by atoms with van der Waals surface area (Å²) in [6, 6.07) is 5.36. The first-order valence-electron chi connectivity index (χ1n) is 6.49. The number of hydrogen-bond donors (Lipinski definition) is 0. The molecule has 1 unspecified atom stereocenters. The molecule has 0 N–H and O–H groups in total. The molecule has 0 aliphatic carbocycles. The Morgan fingerprint density at radius 1 is 1.26 bits per heavy atom. The van der Waals surface area contributed by atoms with E-state index in [1.165, 1.54) is 0 Å². The van der Waals surface area contributed by atoms with Gasteiger partial charge in [-0.3, -0.25) is 9.69 Å². The fourth-order valence-corrected chi connectivity index (χ4v) is 2.56. The van der Waals surface area contributed by atoms with Gasteiger partial charge >= 0.3 is 0 Å². The van der Waals surface area contributed by atoms with E-state index in [0.29, 0.717) is 34.1 Å². The van der Waals surface area contributed by atoms with Gasteiger partial charge in [0.15, 0.2) is 5.78 Å². The van der Waals surface area contributed by atoms with Crippen LogP contribution in [0.1, 0.15) is 37.6 Å². The van der Waals surface area contributed by atoms with E-state index < -0.39 is 0 Å². The summed E-state index contributed by atoms with van der Waals surface area (Å²) in [5.41, 5.74) is 0.537. The topological polar surface area (TPSA) is 20.3 Å². The van der Waals surface area contributed by atoms with Crippen molar-refractivity contribution in [1.82, 2.24) is 4.90 Å². The third-order valence-electron chi connectivity index (χ3n) is 3.19. The van der Waals surface area contributed by atoms with Gasteiger partial charge < -0.3 is 0 Å². The second-order valence-electron chi connectivity index (χ2n) is 5.44. The predicted octanol–water partition coefficient (Wildman–Crippen LogP) is 4.54. The van der Waals surface area contributed by atoms with Gasteiger partial charge in [0.25, 0.3) is 0 Å². The molecule has 0 fully saturated rings. The van der Waals surface area contributed by atoms with Gasteiger partial charge in [-0.2, -0.15) is 0 Å². The Morgan fingerprint density at radius 3 is 2.42 bits per heavy atom. The van der Waals surface area contributed by atoms with Gasteiger partial charge in [0, 0.05) is 16.6 Å². The molecule has 0 aliphatic rings. The van der Waals surface area contributed by atoms with E-state index in [1.54, 1.807) is 18.2 Å². The van der Waals surface area contributed by atoms with E-state index in [1.807, 2.05) is 7.05 Å². The van der Waals surface area contributed by atoms with Crippen LogP contribution in [0.3, 0.4) is 0 Å². The van der Waals surface area contributed by atoms with Crippen LogP contribution in [0.25, 0.3) is 0 Å². The van der Waals surface area contributed by atoms with E-state index >= 15 is 0 Å². The van der Waals surface area contributed by atoms with Gasteiger partial charge in [-0.15, -0.1) is 0 Å². The first kappa shape index (κ1) is 16.5. The van der Waals surface area contributed by atoms with E-state index in [4.69, 9.17) is 23.2 Å². The number of benzene rings is 1. The fraction of sp³-hybridized carbons (Fsp3) is 0.533. The standard InChI is InChI=1S/C15H21Cl2NO/c1-10(2)7-11(3)18(4)9-15(19)13-6-5-12(16)8-14(13)17/h5-6,8,10-11H,7,9H2,1-4H3. The molecule has 1 aromatic rings. The molecule has 0 aliphatic heterocycles. The molecule has 1 aromatic carbocycles. The van der Waals surface area contributed by atoms with Gasteiger partial charge in [-0.25, -0.2) is 0 Å². The highest BCUT2D eigenvalue weighted by Crippen LogP contribution is 2.22. The van der Waals surface area contributed by atoms with Crippen molar-refractivity contribution < 1.29 is 4.79 Å². The number of carbonyl (C=O) groups excluding carboxylic acids is 1. The number of carbonyl (C=O) groups is 1. The van der Waals surface area contributed by atoms with E-state index in [-0.39, 0.29) is 5.78 Å². The first-order chi connectivity index (χ1) is 8.81. The minimum absolute atomic E-state index is 0.0276. The second-order valence-corrected chi connectivity index (χ2v) is 6.28. The summed E-state index contributed by atoms with van der Waals surface area (Å²) in [5, 5.41) is 0.963. The first-order valence-corrected chi connectivity index (χ1v) is 7.25. The summed E-state index contributed by atoms with van der Waals surface area (Å²) < 4.78 is 0. The molecule has 0 saturated carbocycles. The molecule has 0 spiro atoms. The van der Waals surface area contributed by atoms with Crippen molar-refractivity contribution >= 4 is 29.0 Å². The highest BCUT2D eigenvalue weighted by atomic mass is 35.5. The lowest BCUT2D eigenvalue weighted by molar-refractivity contribution is 0.0916. The molecular formula is C15H21Cl2NO. The van der Waals surface area contributed by atoms with Crippen molar-refractivity contribution in [2.45, 2.75) is 33.2 Å². The predicted molar refractivity (Wildman–Crippen MR) is 82.3 cm³/mol. The molecule has 0 radical (unpaired) electrons. The Kier molecular flexibility index (Phi) is 6.31. The Hall–Kier alpha value is -0.570. The summed E-state index contributed by atoms with van der Waals surface area (Å²) in [7, 11) is 1.97. The van der Waals surface area contributed by atoms with Crippen LogP contribution >= 0.6 is 23.2 Å². The minimum Gasteiger partial charge on any atom is -0.296 e. The zero-order valence-corrected chi connectivity index (χ0v) is 13.4. The number of hydrogen-bond acceptors (Lipinski definition) is 2. The molecule has 0 saturated heterocycles.